The number of fused-ring (bicyclic) bond motifs is 1. The third kappa shape index (κ3) is 3.33. The Kier molecular flexibility index (Phi) is 4.21. The number of nitrogens with one attached hydrogen (secondary N) is 1. The third-order valence-electron chi connectivity index (χ3n) is 2.57. The van der Waals surface area contributed by atoms with Crippen molar-refractivity contribution in [3.63, 3.8) is 0 Å². The number of thiazole rings is 1. The van der Waals surface area contributed by atoms with Crippen molar-refractivity contribution in [2.45, 2.75) is 24.6 Å². The number of Topliss-reactive ketones (excluding diaryl/α,β-unsaturated/α-hetero) is 1. The molecule has 0 aliphatic rings. The molecule has 0 atom stereocenters. The van der Waals surface area contributed by atoms with Crippen molar-refractivity contribution >= 4 is 50.7 Å². The summed E-state index contributed by atoms with van der Waals surface area (Å²) in [7, 11) is 0. The topological polar surface area (TPSA) is 59.1 Å². The van der Waals surface area contributed by atoms with Crippen molar-refractivity contribution in [2.24, 2.45) is 0 Å². The number of ketones is 1. The quantitative estimate of drug-likeness (QED) is 0.694. The van der Waals surface area contributed by atoms with E-state index in [4.69, 9.17) is 0 Å². The van der Waals surface area contributed by atoms with Crippen LogP contribution in [0.3, 0.4) is 0 Å². The molecule has 1 heterocycles. The maximum atomic E-state index is 11.6. The van der Waals surface area contributed by atoms with E-state index in [-0.39, 0.29) is 18.1 Å². The first kappa shape index (κ1) is 14.0. The van der Waals surface area contributed by atoms with E-state index in [2.05, 4.69) is 10.3 Å². The Morgan fingerprint density at radius 1 is 1.42 bits per heavy atom. The van der Waals surface area contributed by atoms with E-state index in [1.807, 2.05) is 25.3 Å². The molecule has 0 radical (unpaired) electrons. The van der Waals surface area contributed by atoms with Crippen LogP contribution in [0.1, 0.15) is 18.9 Å². The van der Waals surface area contributed by atoms with Crippen LogP contribution < -0.4 is 5.32 Å². The van der Waals surface area contributed by atoms with Crippen LogP contribution in [-0.4, -0.2) is 22.9 Å². The second-order valence-electron chi connectivity index (χ2n) is 4.25. The molecule has 2 rings (SSSR count). The van der Waals surface area contributed by atoms with Crippen molar-refractivity contribution in [1.82, 2.24) is 4.98 Å². The fraction of sp³-hybridized carbons (Fsp3) is 0.308. The summed E-state index contributed by atoms with van der Waals surface area (Å²) in [5.41, 5.74) is 2.57. The number of carbonyl (C=O) groups excluding carboxylic acids is 2. The van der Waals surface area contributed by atoms with Crippen LogP contribution in [0.25, 0.3) is 10.2 Å². The van der Waals surface area contributed by atoms with Crippen molar-refractivity contribution < 1.29 is 9.59 Å². The number of benzene rings is 1. The number of aromatic nitrogens is 1. The number of hydrogen-bond donors (Lipinski definition) is 1. The molecule has 0 unspecified atom stereocenters. The van der Waals surface area contributed by atoms with Gasteiger partial charge in [-0.05, 0) is 37.8 Å². The molecule has 1 aromatic carbocycles. The van der Waals surface area contributed by atoms with E-state index in [0.717, 1.165) is 25.8 Å². The molecule has 0 bridgehead atoms. The Hall–Kier alpha value is -1.40. The van der Waals surface area contributed by atoms with E-state index in [0.29, 0.717) is 0 Å². The summed E-state index contributed by atoms with van der Waals surface area (Å²) in [6.45, 7) is 3.34. The largest absolute Gasteiger partial charge is 0.325 e. The smallest absolute Gasteiger partial charge is 0.231 e. The minimum Gasteiger partial charge on any atom is -0.325 e. The lowest BCUT2D eigenvalue weighted by Crippen LogP contribution is -2.15. The van der Waals surface area contributed by atoms with Crippen LogP contribution in [0.4, 0.5) is 5.69 Å². The molecule has 0 aliphatic carbocycles. The van der Waals surface area contributed by atoms with Gasteiger partial charge in [-0.25, -0.2) is 4.98 Å². The van der Waals surface area contributed by atoms with Gasteiger partial charge in [0, 0.05) is 5.69 Å². The highest BCUT2D eigenvalue weighted by molar-refractivity contribution is 8.00. The molecule has 6 heteroatoms. The SMILES string of the molecule is CSc1nc2cc(NC(=O)CC(C)=O)c(C)cc2s1. The van der Waals surface area contributed by atoms with E-state index >= 15 is 0 Å². The highest BCUT2D eigenvalue weighted by atomic mass is 32.2. The predicted octanol–water partition coefficient (Wildman–Crippen LogP) is 3.24. The number of thioether (sulfide) groups is 1. The Bertz CT molecular complexity index is 649. The normalized spacial score (nSPS) is 10.7. The van der Waals surface area contributed by atoms with Crippen molar-refractivity contribution in [3.8, 4) is 0 Å². The van der Waals surface area contributed by atoms with E-state index in [1.165, 1.54) is 6.92 Å². The molecule has 0 saturated carbocycles. The average molecular weight is 294 g/mol. The molecule has 0 fully saturated rings. The van der Waals surface area contributed by atoms with Crippen LogP contribution in [0, 0.1) is 6.92 Å². The molecule has 1 N–H and O–H groups in total. The molecule has 1 amide bonds. The van der Waals surface area contributed by atoms with Gasteiger partial charge in [0.05, 0.1) is 16.6 Å². The van der Waals surface area contributed by atoms with Gasteiger partial charge in [0.15, 0.2) is 4.34 Å². The monoisotopic (exact) mass is 294 g/mol. The van der Waals surface area contributed by atoms with Crippen LogP contribution in [0.5, 0.6) is 0 Å². The number of aryl methyl sites for hydroxylation is 1. The van der Waals surface area contributed by atoms with E-state index in [1.54, 1.807) is 23.1 Å². The molecule has 100 valence electrons. The fourth-order valence-electron chi connectivity index (χ4n) is 1.70. The molecule has 19 heavy (non-hydrogen) atoms. The minimum absolute atomic E-state index is 0.0927. The Morgan fingerprint density at radius 2 is 2.16 bits per heavy atom. The van der Waals surface area contributed by atoms with Gasteiger partial charge in [0.2, 0.25) is 5.91 Å². The van der Waals surface area contributed by atoms with Crippen molar-refractivity contribution in [3.05, 3.63) is 17.7 Å². The molecular formula is C13H14N2O2S2. The number of rotatable bonds is 4. The van der Waals surface area contributed by atoms with Crippen molar-refractivity contribution in [2.75, 3.05) is 11.6 Å². The first-order chi connectivity index (χ1) is 8.99. The van der Waals surface area contributed by atoms with Gasteiger partial charge in [-0.3, -0.25) is 9.59 Å². The Balaban J connectivity index is 2.30. The number of carbonyl (C=O) groups is 2. The van der Waals surface area contributed by atoms with Crippen LogP contribution in [0.2, 0.25) is 0 Å². The first-order valence-electron chi connectivity index (χ1n) is 5.74. The molecule has 0 spiro atoms. The average Bonchev–Trinajstić information content (AvgIpc) is 2.70. The van der Waals surface area contributed by atoms with Gasteiger partial charge in [0.1, 0.15) is 5.78 Å². The zero-order chi connectivity index (χ0) is 14.0. The van der Waals surface area contributed by atoms with Gasteiger partial charge >= 0.3 is 0 Å². The lowest BCUT2D eigenvalue weighted by Gasteiger charge is -2.07. The summed E-state index contributed by atoms with van der Waals surface area (Å²) in [6.07, 6.45) is 1.89. The molecule has 0 saturated heterocycles. The van der Waals surface area contributed by atoms with Gasteiger partial charge in [0.25, 0.3) is 0 Å². The Labute approximate surface area is 119 Å². The highest BCUT2D eigenvalue weighted by Crippen LogP contribution is 2.31. The zero-order valence-electron chi connectivity index (χ0n) is 10.9. The second-order valence-corrected chi connectivity index (χ2v) is 6.33. The minimum atomic E-state index is -0.282. The third-order valence-corrected chi connectivity index (χ3v) is 4.58. The van der Waals surface area contributed by atoms with Crippen molar-refractivity contribution in [1.29, 1.82) is 0 Å². The van der Waals surface area contributed by atoms with E-state index in [9.17, 15) is 9.59 Å². The standard InChI is InChI=1S/C13H14N2O2S2/c1-7-4-11-10(15-13(18-3)19-11)6-9(7)14-12(17)5-8(2)16/h4,6H,5H2,1-3H3,(H,14,17). The number of hydrogen-bond acceptors (Lipinski definition) is 5. The number of anilines is 1. The van der Waals surface area contributed by atoms with Gasteiger partial charge < -0.3 is 5.32 Å². The Morgan fingerprint density at radius 3 is 2.79 bits per heavy atom. The maximum absolute atomic E-state index is 11.6. The lowest BCUT2D eigenvalue weighted by molar-refractivity contribution is -0.124. The van der Waals surface area contributed by atoms with E-state index < -0.39 is 0 Å². The molecule has 2 aromatic rings. The second kappa shape index (κ2) is 5.71. The van der Waals surface area contributed by atoms with Gasteiger partial charge in [-0.2, -0.15) is 0 Å². The molecule has 0 aliphatic heterocycles. The summed E-state index contributed by atoms with van der Waals surface area (Å²) in [5.74, 6) is -0.426. The summed E-state index contributed by atoms with van der Waals surface area (Å²) in [6, 6.07) is 3.87. The number of amides is 1. The van der Waals surface area contributed by atoms with Gasteiger partial charge in [-0.15, -0.1) is 11.3 Å². The van der Waals surface area contributed by atoms with Crippen LogP contribution in [-0.2, 0) is 9.59 Å². The molecular weight excluding hydrogens is 280 g/mol. The predicted molar refractivity (Wildman–Crippen MR) is 80.1 cm³/mol. The molecule has 4 nitrogen and oxygen atoms in total. The summed E-state index contributed by atoms with van der Waals surface area (Å²) in [5, 5.41) is 2.76. The van der Waals surface area contributed by atoms with Crippen LogP contribution >= 0.6 is 23.1 Å². The maximum Gasteiger partial charge on any atom is 0.231 e. The zero-order valence-corrected chi connectivity index (χ0v) is 12.6. The first-order valence-corrected chi connectivity index (χ1v) is 7.78. The number of nitrogens with zero attached hydrogens (tertiary/aromatic N) is 1. The fourth-order valence-corrected chi connectivity index (χ4v) is 3.27. The molecule has 1 aromatic heterocycles. The van der Waals surface area contributed by atoms with Crippen LogP contribution in [0.15, 0.2) is 16.5 Å². The highest BCUT2D eigenvalue weighted by Gasteiger charge is 2.10. The lowest BCUT2D eigenvalue weighted by atomic mass is 10.2. The summed E-state index contributed by atoms with van der Waals surface area (Å²) >= 11 is 3.24. The van der Waals surface area contributed by atoms with Gasteiger partial charge in [-0.1, -0.05) is 11.8 Å². The summed E-state index contributed by atoms with van der Waals surface area (Å²) < 4.78 is 2.10. The summed E-state index contributed by atoms with van der Waals surface area (Å²) in [4.78, 5) is 27.0.